The van der Waals surface area contributed by atoms with Crippen LogP contribution in [0.15, 0.2) is 77.3 Å². The summed E-state index contributed by atoms with van der Waals surface area (Å²) in [5.74, 6) is 0.526. The highest BCUT2D eigenvalue weighted by Gasteiger charge is 2.19. The number of amides is 1. The number of fused-ring (bicyclic) bond motifs is 1. The first kappa shape index (κ1) is 23.3. The minimum Gasteiger partial charge on any atom is -0.497 e. The van der Waals surface area contributed by atoms with E-state index in [1.54, 1.807) is 60.3 Å². The Hall–Kier alpha value is -4.44. The number of hydrogen-bond donors (Lipinski definition) is 1. The Kier molecular flexibility index (Phi) is 6.26. The zero-order valence-electron chi connectivity index (χ0n) is 18.6. The van der Waals surface area contributed by atoms with E-state index in [4.69, 9.17) is 20.8 Å². The first-order chi connectivity index (χ1) is 17.4. The molecule has 36 heavy (non-hydrogen) atoms. The van der Waals surface area contributed by atoms with Crippen LogP contribution in [0.1, 0.15) is 10.4 Å². The van der Waals surface area contributed by atoms with Gasteiger partial charge in [0.15, 0.2) is 5.58 Å². The Morgan fingerprint density at radius 2 is 1.75 bits per heavy atom. The summed E-state index contributed by atoms with van der Waals surface area (Å²) in [6, 6.07) is 17.5. The van der Waals surface area contributed by atoms with Crippen molar-refractivity contribution in [1.29, 1.82) is 0 Å². The third-order valence-electron chi connectivity index (χ3n) is 5.19. The lowest BCUT2D eigenvalue weighted by Gasteiger charge is -2.10. The standard InChI is InChI=1S/C25H17ClF2N4O4/c1-34-17-9-5-16(6-10-17)32-13-20(23-29-19-12-15(26)4-11-21(19)36-23)30-25(32)31-22(33)14-2-7-18(8-3-14)35-24(27)28/h2-13,24H,1H3,(H,30,31,33). The van der Waals surface area contributed by atoms with E-state index in [1.165, 1.54) is 24.3 Å². The molecular weight excluding hydrogens is 494 g/mol. The molecule has 0 spiro atoms. The monoisotopic (exact) mass is 510 g/mol. The number of halogens is 3. The summed E-state index contributed by atoms with van der Waals surface area (Å²) in [5.41, 5.74) is 2.37. The molecule has 5 aromatic rings. The van der Waals surface area contributed by atoms with Gasteiger partial charge in [-0.1, -0.05) is 11.6 Å². The number of benzene rings is 3. The van der Waals surface area contributed by atoms with Crippen molar-refractivity contribution in [2.45, 2.75) is 6.61 Å². The maximum absolute atomic E-state index is 12.9. The third-order valence-corrected chi connectivity index (χ3v) is 5.43. The highest BCUT2D eigenvalue weighted by Crippen LogP contribution is 2.29. The number of anilines is 1. The molecule has 182 valence electrons. The van der Waals surface area contributed by atoms with Crippen LogP contribution in [-0.4, -0.2) is 34.2 Å². The molecule has 0 bridgehead atoms. The molecule has 0 radical (unpaired) electrons. The van der Waals surface area contributed by atoms with Crippen LogP contribution >= 0.6 is 11.6 Å². The molecule has 5 rings (SSSR count). The van der Waals surface area contributed by atoms with Gasteiger partial charge in [0.1, 0.15) is 22.7 Å². The predicted molar refractivity (Wildman–Crippen MR) is 129 cm³/mol. The van der Waals surface area contributed by atoms with Crippen molar-refractivity contribution in [2.24, 2.45) is 0 Å². The quantitative estimate of drug-likeness (QED) is 0.280. The largest absolute Gasteiger partial charge is 0.497 e. The molecule has 0 fully saturated rings. The summed E-state index contributed by atoms with van der Waals surface area (Å²) in [6.45, 7) is -2.96. The molecule has 0 aliphatic rings. The van der Waals surface area contributed by atoms with Gasteiger partial charge in [0.05, 0.1) is 7.11 Å². The number of rotatable bonds is 7. The fourth-order valence-corrected chi connectivity index (χ4v) is 3.65. The number of ether oxygens (including phenoxy) is 2. The second kappa shape index (κ2) is 9.67. The molecule has 3 aromatic carbocycles. The fourth-order valence-electron chi connectivity index (χ4n) is 3.48. The molecule has 0 aliphatic heterocycles. The van der Waals surface area contributed by atoms with E-state index in [0.29, 0.717) is 33.3 Å². The van der Waals surface area contributed by atoms with Gasteiger partial charge in [0, 0.05) is 22.5 Å². The Balaban J connectivity index is 1.50. The van der Waals surface area contributed by atoms with Crippen molar-refractivity contribution in [3.63, 3.8) is 0 Å². The summed E-state index contributed by atoms with van der Waals surface area (Å²) < 4.78 is 41.9. The van der Waals surface area contributed by atoms with Crippen molar-refractivity contribution >= 4 is 34.6 Å². The zero-order valence-corrected chi connectivity index (χ0v) is 19.4. The van der Waals surface area contributed by atoms with Gasteiger partial charge in [-0.3, -0.25) is 14.7 Å². The van der Waals surface area contributed by atoms with Crippen molar-refractivity contribution in [1.82, 2.24) is 14.5 Å². The minimum atomic E-state index is -2.96. The van der Waals surface area contributed by atoms with Crippen LogP contribution in [0.3, 0.4) is 0 Å². The molecule has 2 aromatic heterocycles. The highest BCUT2D eigenvalue weighted by atomic mass is 35.5. The summed E-state index contributed by atoms with van der Waals surface area (Å²) >= 11 is 6.05. The van der Waals surface area contributed by atoms with Crippen LogP contribution in [0.25, 0.3) is 28.4 Å². The molecule has 0 aliphatic carbocycles. The minimum absolute atomic E-state index is 0.0559. The fraction of sp³-hybridized carbons (Fsp3) is 0.0800. The van der Waals surface area contributed by atoms with Crippen molar-refractivity contribution < 1.29 is 27.5 Å². The van der Waals surface area contributed by atoms with E-state index in [0.717, 1.165) is 0 Å². The Labute approximate surface area is 208 Å². The normalized spacial score (nSPS) is 11.1. The van der Waals surface area contributed by atoms with E-state index in [2.05, 4.69) is 20.0 Å². The molecule has 11 heteroatoms. The van der Waals surface area contributed by atoms with Crippen molar-refractivity contribution in [2.75, 3.05) is 12.4 Å². The van der Waals surface area contributed by atoms with Gasteiger partial charge in [-0.15, -0.1) is 0 Å². The highest BCUT2D eigenvalue weighted by molar-refractivity contribution is 6.31. The number of nitrogens with one attached hydrogen (secondary N) is 1. The van der Waals surface area contributed by atoms with Gasteiger partial charge in [0.2, 0.25) is 11.8 Å². The molecule has 0 saturated heterocycles. The summed E-state index contributed by atoms with van der Waals surface area (Å²) in [4.78, 5) is 21.9. The molecule has 1 amide bonds. The lowest BCUT2D eigenvalue weighted by Crippen LogP contribution is -2.15. The molecule has 1 N–H and O–H groups in total. The third kappa shape index (κ3) is 4.84. The smallest absolute Gasteiger partial charge is 0.387 e. The molecule has 0 atom stereocenters. The second-order valence-corrected chi connectivity index (χ2v) is 7.94. The van der Waals surface area contributed by atoms with E-state index in [1.807, 2.05) is 0 Å². The van der Waals surface area contributed by atoms with Gasteiger partial charge in [-0.05, 0) is 66.7 Å². The maximum Gasteiger partial charge on any atom is 0.387 e. The van der Waals surface area contributed by atoms with Crippen molar-refractivity contribution in [3.8, 4) is 28.8 Å². The maximum atomic E-state index is 12.9. The van der Waals surface area contributed by atoms with E-state index >= 15 is 0 Å². The topological polar surface area (TPSA) is 91.4 Å². The lowest BCUT2D eigenvalue weighted by atomic mass is 10.2. The Morgan fingerprint density at radius 1 is 1.03 bits per heavy atom. The molecule has 0 unspecified atom stereocenters. The number of alkyl halides is 2. The lowest BCUT2D eigenvalue weighted by molar-refractivity contribution is -0.0498. The van der Waals surface area contributed by atoms with Crippen LogP contribution in [0.4, 0.5) is 14.7 Å². The first-order valence-electron chi connectivity index (χ1n) is 10.6. The SMILES string of the molecule is COc1ccc(-n2cc(-c3nc4cc(Cl)ccc4o3)nc2NC(=O)c2ccc(OC(F)F)cc2)cc1. The van der Waals surface area contributed by atoms with E-state index in [9.17, 15) is 13.6 Å². The van der Waals surface area contributed by atoms with E-state index in [-0.39, 0.29) is 23.2 Å². The predicted octanol–water partition coefficient (Wildman–Crippen LogP) is 6.20. The van der Waals surface area contributed by atoms with E-state index < -0.39 is 12.5 Å². The van der Waals surface area contributed by atoms with Gasteiger partial charge in [0.25, 0.3) is 5.91 Å². The van der Waals surface area contributed by atoms with Gasteiger partial charge in [-0.25, -0.2) is 9.97 Å². The summed E-state index contributed by atoms with van der Waals surface area (Å²) in [7, 11) is 1.56. The average molecular weight is 511 g/mol. The number of hydrogen-bond acceptors (Lipinski definition) is 6. The number of aromatic nitrogens is 3. The summed E-state index contributed by atoms with van der Waals surface area (Å²) in [5, 5.41) is 3.27. The molecule has 8 nitrogen and oxygen atoms in total. The van der Waals surface area contributed by atoms with Gasteiger partial charge < -0.3 is 13.9 Å². The van der Waals surface area contributed by atoms with Crippen LogP contribution in [0, 0.1) is 0 Å². The Morgan fingerprint density at radius 3 is 2.44 bits per heavy atom. The van der Waals surface area contributed by atoms with Crippen molar-refractivity contribution in [3.05, 3.63) is 83.5 Å². The van der Waals surface area contributed by atoms with Gasteiger partial charge >= 0.3 is 6.61 Å². The second-order valence-electron chi connectivity index (χ2n) is 7.51. The average Bonchev–Trinajstić information content (AvgIpc) is 3.48. The molecular formula is C25H17ClF2N4O4. The van der Waals surface area contributed by atoms with Crippen LogP contribution < -0.4 is 14.8 Å². The zero-order chi connectivity index (χ0) is 25.2. The van der Waals surface area contributed by atoms with Crippen LogP contribution in [0.5, 0.6) is 11.5 Å². The van der Waals surface area contributed by atoms with Crippen LogP contribution in [0.2, 0.25) is 5.02 Å². The number of methoxy groups -OCH3 is 1. The number of carbonyl (C=O) groups is 1. The van der Waals surface area contributed by atoms with Crippen LogP contribution in [-0.2, 0) is 0 Å². The number of imidazole rings is 1. The Bertz CT molecular complexity index is 1530. The number of nitrogens with zero attached hydrogens (tertiary/aromatic N) is 3. The number of oxazole rings is 1. The molecule has 2 heterocycles. The molecule has 0 saturated carbocycles. The first-order valence-corrected chi connectivity index (χ1v) is 10.9. The summed E-state index contributed by atoms with van der Waals surface area (Å²) in [6.07, 6.45) is 1.67. The van der Waals surface area contributed by atoms with Gasteiger partial charge in [-0.2, -0.15) is 8.78 Å². The number of carbonyl (C=O) groups excluding carboxylic acids is 1.